The number of fused-ring (bicyclic) bond motifs is 1. The average Bonchev–Trinajstić information content (AvgIpc) is 3.10. The first-order valence-corrected chi connectivity index (χ1v) is 7.92. The van der Waals surface area contributed by atoms with Gasteiger partial charge in [0.1, 0.15) is 0 Å². The van der Waals surface area contributed by atoms with Crippen LogP contribution in [0.5, 0.6) is 0 Å². The zero-order valence-corrected chi connectivity index (χ0v) is 12.5. The van der Waals surface area contributed by atoms with E-state index in [2.05, 4.69) is 35.5 Å². The average molecular weight is 290 g/mol. The van der Waals surface area contributed by atoms with E-state index in [1.54, 1.807) is 0 Å². The summed E-state index contributed by atoms with van der Waals surface area (Å²) in [5.41, 5.74) is 3.31. The Morgan fingerprint density at radius 3 is 3.00 bits per heavy atom. The summed E-state index contributed by atoms with van der Waals surface area (Å²) in [6, 6.07) is 6.71. The van der Waals surface area contributed by atoms with Crippen LogP contribution >= 0.6 is 11.8 Å². The highest BCUT2D eigenvalue weighted by Gasteiger charge is 2.39. The van der Waals surface area contributed by atoms with Crippen LogP contribution in [0.2, 0.25) is 0 Å². The van der Waals surface area contributed by atoms with E-state index in [1.165, 1.54) is 30.2 Å². The van der Waals surface area contributed by atoms with Gasteiger partial charge >= 0.3 is 5.97 Å². The van der Waals surface area contributed by atoms with Crippen molar-refractivity contribution in [2.75, 3.05) is 5.75 Å². The van der Waals surface area contributed by atoms with Gasteiger partial charge in [0.15, 0.2) is 5.16 Å². The van der Waals surface area contributed by atoms with E-state index < -0.39 is 5.97 Å². The molecule has 2 aromatic rings. The number of imidazole rings is 1. The molecule has 1 aromatic heterocycles. The lowest BCUT2D eigenvalue weighted by molar-refractivity contribution is -0.133. The summed E-state index contributed by atoms with van der Waals surface area (Å²) in [6.07, 6.45) is 2.34. The zero-order chi connectivity index (χ0) is 14.3. The van der Waals surface area contributed by atoms with E-state index in [-0.39, 0.29) is 5.75 Å². The molecule has 0 saturated heterocycles. The Balaban J connectivity index is 2.03. The second-order valence-electron chi connectivity index (χ2n) is 5.41. The predicted molar refractivity (Wildman–Crippen MR) is 80.3 cm³/mol. The van der Waals surface area contributed by atoms with Gasteiger partial charge < -0.3 is 9.67 Å². The Morgan fingerprint density at radius 1 is 1.55 bits per heavy atom. The van der Waals surface area contributed by atoms with Crippen LogP contribution in [0.3, 0.4) is 0 Å². The standard InChI is InChI=1S/C15H18N2O2S/c1-3-10-7-12(10)17-13-6-9(2)4-5-11(13)16-15(17)20-8-14(18)19/h4-6,10,12H,3,7-8H2,1-2H3,(H,18,19). The Hall–Kier alpha value is -1.49. The number of benzene rings is 1. The number of thioether (sulfide) groups is 1. The van der Waals surface area contributed by atoms with E-state index in [9.17, 15) is 4.79 Å². The molecule has 1 fully saturated rings. The molecule has 3 rings (SSSR count). The zero-order valence-electron chi connectivity index (χ0n) is 11.7. The number of aliphatic carboxylic acids is 1. The van der Waals surface area contributed by atoms with Crippen molar-refractivity contribution in [1.29, 1.82) is 0 Å². The largest absolute Gasteiger partial charge is 0.481 e. The van der Waals surface area contributed by atoms with E-state index in [1.807, 2.05) is 6.07 Å². The molecule has 2 atom stereocenters. The van der Waals surface area contributed by atoms with Crippen molar-refractivity contribution in [2.24, 2.45) is 5.92 Å². The van der Waals surface area contributed by atoms with Crippen LogP contribution in [0.4, 0.5) is 0 Å². The topological polar surface area (TPSA) is 55.1 Å². The first kappa shape index (κ1) is 13.5. The van der Waals surface area contributed by atoms with Gasteiger partial charge in [-0.25, -0.2) is 4.98 Å². The minimum atomic E-state index is -0.798. The second-order valence-corrected chi connectivity index (χ2v) is 6.35. The summed E-state index contributed by atoms with van der Waals surface area (Å²) in [5.74, 6) is -0.0315. The molecule has 20 heavy (non-hydrogen) atoms. The van der Waals surface area contributed by atoms with Gasteiger partial charge in [0.2, 0.25) is 0 Å². The van der Waals surface area contributed by atoms with Crippen molar-refractivity contribution in [3.63, 3.8) is 0 Å². The van der Waals surface area contributed by atoms with E-state index in [0.29, 0.717) is 12.0 Å². The molecule has 1 saturated carbocycles. The van der Waals surface area contributed by atoms with Crippen LogP contribution in [0.15, 0.2) is 23.4 Å². The van der Waals surface area contributed by atoms with Gasteiger partial charge in [-0.2, -0.15) is 0 Å². The summed E-state index contributed by atoms with van der Waals surface area (Å²) in [7, 11) is 0. The quantitative estimate of drug-likeness (QED) is 0.856. The lowest BCUT2D eigenvalue weighted by Crippen LogP contribution is -2.03. The highest BCUT2D eigenvalue weighted by molar-refractivity contribution is 7.99. The molecular formula is C15H18N2O2S. The first-order valence-electron chi connectivity index (χ1n) is 6.93. The molecule has 2 unspecified atom stereocenters. The molecule has 1 N–H and O–H groups in total. The molecule has 1 heterocycles. The second kappa shape index (κ2) is 5.13. The minimum absolute atomic E-state index is 0.0613. The van der Waals surface area contributed by atoms with Gasteiger partial charge in [-0.15, -0.1) is 0 Å². The first-order chi connectivity index (χ1) is 9.60. The summed E-state index contributed by atoms with van der Waals surface area (Å²) >= 11 is 1.32. The maximum absolute atomic E-state index is 10.8. The lowest BCUT2D eigenvalue weighted by Gasteiger charge is -2.08. The molecule has 1 aliphatic rings. The fraction of sp³-hybridized carbons (Fsp3) is 0.467. The van der Waals surface area contributed by atoms with Crippen LogP contribution in [-0.4, -0.2) is 26.4 Å². The normalized spacial score (nSPS) is 21.3. The number of hydrogen-bond donors (Lipinski definition) is 1. The highest BCUT2D eigenvalue weighted by atomic mass is 32.2. The Bertz CT molecular complexity index is 665. The summed E-state index contributed by atoms with van der Waals surface area (Å²) < 4.78 is 2.25. The van der Waals surface area contributed by atoms with E-state index in [4.69, 9.17) is 5.11 Å². The van der Waals surface area contributed by atoms with Gasteiger partial charge in [-0.3, -0.25) is 4.79 Å². The smallest absolute Gasteiger partial charge is 0.313 e. The number of hydrogen-bond acceptors (Lipinski definition) is 3. The summed E-state index contributed by atoms with van der Waals surface area (Å²) in [5, 5.41) is 9.72. The molecule has 106 valence electrons. The summed E-state index contributed by atoms with van der Waals surface area (Å²) in [4.78, 5) is 15.4. The fourth-order valence-electron chi connectivity index (χ4n) is 2.72. The molecule has 4 nitrogen and oxygen atoms in total. The third-order valence-electron chi connectivity index (χ3n) is 3.88. The van der Waals surface area contributed by atoms with Crippen molar-refractivity contribution >= 4 is 28.8 Å². The van der Waals surface area contributed by atoms with Crippen LogP contribution in [-0.2, 0) is 4.79 Å². The lowest BCUT2D eigenvalue weighted by atomic mass is 10.2. The summed E-state index contributed by atoms with van der Waals surface area (Å²) in [6.45, 7) is 4.28. The number of carbonyl (C=O) groups is 1. The number of rotatable bonds is 5. The van der Waals surface area contributed by atoms with Gasteiger partial charge in [-0.05, 0) is 37.0 Å². The van der Waals surface area contributed by atoms with Crippen molar-refractivity contribution < 1.29 is 9.90 Å². The van der Waals surface area contributed by atoms with Crippen LogP contribution < -0.4 is 0 Å². The third-order valence-corrected chi connectivity index (χ3v) is 4.82. The SMILES string of the molecule is CCC1CC1n1c(SCC(=O)O)nc2ccc(C)cc21. The van der Waals surface area contributed by atoms with Crippen molar-refractivity contribution in [3.8, 4) is 0 Å². The minimum Gasteiger partial charge on any atom is -0.481 e. The van der Waals surface area contributed by atoms with Gasteiger partial charge in [0.05, 0.1) is 16.8 Å². The van der Waals surface area contributed by atoms with Crippen LogP contribution in [0.25, 0.3) is 11.0 Å². The molecule has 0 aliphatic heterocycles. The number of aromatic nitrogens is 2. The number of carboxylic acid groups (broad SMARTS) is 1. The highest BCUT2D eigenvalue weighted by Crippen LogP contribution is 2.48. The molecular weight excluding hydrogens is 272 g/mol. The van der Waals surface area contributed by atoms with Crippen LogP contribution in [0.1, 0.15) is 31.4 Å². The van der Waals surface area contributed by atoms with E-state index in [0.717, 1.165) is 16.2 Å². The molecule has 0 spiro atoms. The molecule has 1 aromatic carbocycles. The maximum Gasteiger partial charge on any atom is 0.313 e. The van der Waals surface area contributed by atoms with Gasteiger partial charge in [-0.1, -0.05) is 31.2 Å². The van der Waals surface area contributed by atoms with E-state index >= 15 is 0 Å². The molecule has 5 heteroatoms. The Labute approximate surface area is 122 Å². The van der Waals surface area contributed by atoms with Gasteiger partial charge in [0, 0.05) is 6.04 Å². The number of carboxylic acids is 1. The maximum atomic E-state index is 10.8. The van der Waals surface area contributed by atoms with Gasteiger partial charge in [0.25, 0.3) is 0 Å². The molecule has 0 bridgehead atoms. The Kier molecular flexibility index (Phi) is 3.46. The fourth-order valence-corrected chi connectivity index (χ4v) is 3.50. The third kappa shape index (κ3) is 2.42. The predicted octanol–water partition coefficient (Wildman–Crippen LogP) is 3.49. The monoisotopic (exact) mass is 290 g/mol. The van der Waals surface area contributed by atoms with Crippen molar-refractivity contribution in [2.45, 2.75) is 37.9 Å². The van der Waals surface area contributed by atoms with Crippen molar-refractivity contribution in [3.05, 3.63) is 23.8 Å². The molecule has 0 amide bonds. The molecule has 0 radical (unpaired) electrons. The van der Waals surface area contributed by atoms with Crippen molar-refractivity contribution in [1.82, 2.24) is 9.55 Å². The molecule has 1 aliphatic carbocycles. The number of aryl methyl sites for hydroxylation is 1. The number of nitrogens with zero attached hydrogens (tertiary/aromatic N) is 2. The Morgan fingerprint density at radius 2 is 2.35 bits per heavy atom. The van der Waals surface area contributed by atoms with Crippen LogP contribution in [0, 0.1) is 12.8 Å².